The lowest BCUT2D eigenvalue weighted by Gasteiger charge is -2.28. The minimum Gasteiger partial charge on any atom is -0.359 e. The molecule has 1 aliphatic heterocycles. The van der Waals surface area contributed by atoms with E-state index in [-0.39, 0.29) is 6.17 Å². The molecule has 5 heteroatoms. The molecule has 1 N–H and O–H groups in total. The summed E-state index contributed by atoms with van der Waals surface area (Å²) in [5.74, 6) is 0.639. The largest absolute Gasteiger partial charge is 0.359 e. The van der Waals surface area contributed by atoms with Crippen LogP contribution in [-0.2, 0) is 0 Å². The highest BCUT2D eigenvalue weighted by Crippen LogP contribution is 2.47. The van der Waals surface area contributed by atoms with E-state index in [1.807, 2.05) is 48.5 Å². The predicted molar refractivity (Wildman–Crippen MR) is 271 cm³/mol. The van der Waals surface area contributed by atoms with Crippen molar-refractivity contribution >= 4 is 17.1 Å². The lowest BCUT2D eigenvalue weighted by Crippen LogP contribution is -2.23. The molecule has 10 aromatic rings. The number of aromatic nitrogens is 2. The van der Waals surface area contributed by atoms with Crippen LogP contribution in [0.2, 0.25) is 0 Å². The van der Waals surface area contributed by atoms with Crippen molar-refractivity contribution in [2.24, 2.45) is 0 Å². The second-order valence-corrected chi connectivity index (χ2v) is 16.5. The van der Waals surface area contributed by atoms with E-state index >= 15 is 0 Å². The average Bonchev–Trinajstić information content (AvgIpc) is 3.79. The number of fused-ring (bicyclic) bond motifs is 1. The van der Waals surface area contributed by atoms with Crippen molar-refractivity contribution < 1.29 is 0 Å². The van der Waals surface area contributed by atoms with Crippen molar-refractivity contribution in [1.29, 1.82) is 5.26 Å². The number of hydrogen-bond acceptors (Lipinski definition) is 5. The molecule has 0 fully saturated rings. The van der Waals surface area contributed by atoms with Gasteiger partial charge in [0.1, 0.15) is 6.17 Å². The summed E-state index contributed by atoms with van der Waals surface area (Å²) in [5.41, 5.74) is 19.4. The second kappa shape index (κ2) is 17.4. The van der Waals surface area contributed by atoms with Gasteiger partial charge in [-0.25, -0.2) is 9.97 Å². The highest BCUT2D eigenvalue weighted by Gasteiger charge is 2.31. The number of hydrogen-bond donors (Lipinski definition) is 1. The molecule has 9 aromatic carbocycles. The molecule has 1 atom stereocenters. The maximum Gasteiger partial charge on any atom is 0.161 e. The lowest BCUT2D eigenvalue weighted by molar-refractivity contribution is 0.829. The van der Waals surface area contributed by atoms with Gasteiger partial charge in [0.15, 0.2) is 5.82 Å². The third-order valence-electron chi connectivity index (χ3n) is 12.6. The number of rotatable bonds is 9. The van der Waals surface area contributed by atoms with E-state index in [9.17, 15) is 5.26 Å². The van der Waals surface area contributed by atoms with Crippen LogP contribution in [0.3, 0.4) is 0 Å². The first-order valence-corrected chi connectivity index (χ1v) is 22.2. The molecule has 0 saturated heterocycles. The molecule has 0 aliphatic carbocycles. The number of nitrogens with one attached hydrogen (secondary N) is 1. The Morgan fingerprint density at radius 3 is 1.73 bits per heavy atom. The van der Waals surface area contributed by atoms with Crippen LogP contribution in [0.15, 0.2) is 231 Å². The van der Waals surface area contributed by atoms with Crippen molar-refractivity contribution in [3.05, 3.63) is 247 Å². The average molecular weight is 846 g/mol. The van der Waals surface area contributed by atoms with Gasteiger partial charge < -0.3 is 10.2 Å². The minimum atomic E-state index is -0.0907. The molecule has 0 saturated carbocycles. The summed E-state index contributed by atoms with van der Waals surface area (Å²) in [6, 6.07) is 82.7. The summed E-state index contributed by atoms with van der Waals surface area (Å²) in [7, 11) is 0. The quantitative estimate of drug-likeness (QED) is 0.157. The zero-order valence-corrected chi connectivity index (χ0v) is 36.3. The van der Waals surface area contributed by atoms with E-state index in [2.05, 4.69) is 205 Å². The molecule has 0 radical (unpaired) electrons. The Kier molecular flexibility index (Phi) is 10.5. The molecule has 312 valence electrons. The lowest BCUT2D eigenvalue weighted by atomic mass is 9.91. The van der Waals surface area contributed by atoms with Crippen molar-refractivity contribution in [1.82, 2.24) is 9.97 Å². The van der Waals surface area contributed by atoms with Crippen molar-refractivity contribution in [3.8, 4) is 84.5 Å². The molecular weight excluding hydrogens is 803 g/mol. The first-order valence-electron chi connectivity index (χ1n) is 22.2. The van der Waals surface area contributed by atoms with Gasteiger partial charge in [-0.05, 0) is 99.5 Å². The van der Waals surface area contributed by atoms with Crippen LogP contribution in [-0.4, -0.2) is 9.97 Å². The Bertz CT molecular complexity index is 3430. The molecule has 0 bridgehead atoms. The molecule has 1 unspecified atom stereocenters. The molecule has 66 heavy (non-hydrogen) atoms. The van der Waals surface area contributed by atoms with Gasteiger partial charge in [0, 0.05) is 27.9 Å². The van der Waals surface area contributed by atoms with Crippen molar-refractivity contribution in [2.75, 3.05) is 10.2 Å². The molecule has 5 nitrogen and oxygen atoms in total. The van der Waals surface area contributed by atoms with Gasteiger partial charge in [-0.3, -0.25) is 0 Å². The molecule has 1 aliphatic rings. The standard InChI is InChI=1S/C61H43N5/c1-41-58(44-20-6-3-7-21-44)64-60(65-59(41)47-25-17-24-46(39-47)51-27-9-8-22-49(51)40-62)55-31-13-12-30-54(55)53-29-11-10-28-52(53)43-34-36-50(37-35-43)66-57-33-15-14-32-56(57)63-61(66)48-26-16-23-45(38-48)42-18-4-2-5-19-42/h2-39,61,63H,1H3. The highest BCUT2D eigenvalue weighted by molar-refractivity contribution is 5.92. The van der Waals surface area contributed by atoms with Gasteiger partial charge in [-0.15, -0.1) is 0 Å². The molecule has 1 aromatic heterocycles. The van der Waals surface area contributed by atoms with Crippen LogP contribution >= 0.6 is 0 Å². The van der Waals surface area contributed by atoms with Crippen LogP contribution < -0.4 is 10.2 Å². The van der Waals surface area contributed by atoms with Gasteiger partial charge in [0.25, 0.3) is 0 Å². The van der Waals surface area contributed by atoms with Gasteiger partial charge in [-0.2, -0.15) is 5.26 Å². The zero-order valence-electron chi connectivity index (χ0n) is 36.3. The van der Waals surface area contributed by atoms with Gasteiger partial charge in [0.05, 0.1) is 34.4 Å². The summed E-state index contributed by atoms with van der Waals surface area (Å²) in [4.78, 5) is 13.2. The number of benzene rings is 9. The minimum absolute atomic E-state index is 0.0907. The van der Waals surface area contributed by atoms with Crippen molar-refractivity contribution in [2.45, 2.75) is 13.1 Å². The normalized spacial score (nSPS) is 12.8. The summed E-state index contributed by atoms with van der Waals surface area (Å²) in [6.45, 7) is 2.10. The van der Waals surface area contributed by atoms with Crippen molar-refractivity contribution in [3.63, 3.8) is 0 Å². The molecule has 2 heterocycles. The van der Waals surface area contributed by atoms with E-state index in [1.54, 1.807) is 0 Å². The number of anilines is 3. The number of nitriles is 1. The fraction of sp³-hybridized carbons (Fsp3) is 0.0328. The molecule has 11 rings (SSSR count). The second-order valence-electron chi connectivity index (χ2n) is 16.5. The predicted octanol–water partition coefficient (Wildman–Crippen LogP) is 15.6. The van der Waals surface area contributed by atoms with Gasteiger partial charge in [0.2, 0.25) is 0 Å². The molecule has 0 amide bonds. The summed E-state index contributed by atoms with van der Waals surface area (Å²) in [6.07, 6.45) is -0.0907. The van der Waals surface area contributed by atoms with Crippen LogP contribution in [0.4, 0.5) is 17.1 Å². The Morgan fingerprint density at radius 2 is 0.985 bits per heavy atom. The summed E-state index contributed by atoms with van der Waals surface area (Å²) < 4.78 is 0. The van der Waals surface area contributed by atoms with E-state index in [4.69, 9.17) is 9.97 Å². The third kappa shape index (κ3) is 7.47. The maximum atomic E-state index is 9.95. The van der Waals surface area contributed by atoms with E-state index in [0.717, 1.165) is 84.1 Å². The first-order chi connectivity index (χ1) is 32.6. The maximum absolute atomic E-state index is 9.95. The van der Waals surface area contributed by atoms with Crippen LogP contribution in [0, 0.1) is 18.3 Å². The first kappa shape index (κ1) is 40.0. The van der Waals surface area contributed by atoms with Gasteiger partial charge >= 0.3 is 0 Å². The van der Waals surface area contributed by atoms with Crippen LogP contribution in [0.25, 0.3) is 78.4 Å². The Labute approximate surface area is 385 Å². The zero-order chi connectivity index (χ0) is 44.4. The van der Waals surface area contributed by atoms with Crippen LogP contribution in [0.1, 0.15) is 22.9 Å². The molecular formula is C61H43N5. The topological polar surface area (TPSA) is 64.8 Å². The van der Waals surface area contributed by atoms with E-state index in [0.29, 0.717) is 11.4 Å². The SMILES string of the molecule is Cc1c(-c2ccccc2)nc(-c2ccccc2-c2ccccc2-c2ccc(N3c4ccccc4NC3c3cccc(-c4ccccc4)c3)cc2)nc1-c1cccc(-c2ccccc2C#N)c1. The summed E-state index contributed by atoms with van der Waals surface area (Å²) in [5, 5.41) is 13.8. The fourth-order valence-corrected chi connectivity index (χ4v) is 9.34. The summed E-state index contributed by atoms with van der Waals surface area (Å²) >= 11 is 0. The highest BCUT2D eigenvalue weighted by atomic mass is 15.3. The number of para-hydroxylation sites is 2. The number of nitrogens with zero attached hydrogens (tertiary/aromatic N) is 4. The third-order valence-corrected chi connectivity index (χ3v) is 12.6. The Hall–Kier alpha value is -8.85. The van der Waals surface area contributed by atoms with E-state index in [1.165, 1.54) is 16.7 Å². The Morgan fingerprint density at radius 1 is 0.439 bits per heavy atom. The monoisotopic (exact) mass is 845 g/mol. The molecule has 0 spiro atoms. The van der Waals surface area contributed by atoms with Gasteiger partial charge in [-0.1, -0.05) is 188 Å². The smallest absolute Gasteiger partial charge is 0.161 e. The fourth-order valence-electron chi connectivity index (χ4n) is 9.34. The Balaban J connectivity index is 0.990. The van der Waals surface area contributed by atoms with E-state index < -0.39 is 0 Å². The van der Waals surface area contributed by atoms with Crippen LogP contribution in [0.5, 0.6) is 0 Å².